The van der Waals surface area contributed by atoms with Crippen LogP contribution in [0.25, 0.3) is 0 Å². The molecule has 2 N–H and O–H groups in total. The first-order chi connectivity index (χ1) is 8.49. The van der Waals surface area contributed by atoms with E-state index in [9.17, 15) is 0 Å². The summed E-state index contributed by atoms with van der Waals surface area (Å²) in [5.41, 5.74) is 8.37. The van der Waals surface area contributed by atoms with Crippen LogP contribution in [0.2, 0.25) is 0 Å². The van der Waals surface area contributed by atoms with E-state index in [1.165, 1.54) is 17.7 Å². The molecule has 0 fully saturated rings. The molecule has 102 valence electrons. The van der Waals surface area contributed by atoms with Crippen molar-refractivity contribution in [3.63, 3.8) is 0 Å². The molecule has 0 aliphatic carbocycles. The van der Waals surface area contributed by atoms with Gasteiger partial charge in [-0.05, 0) is 37.5 Å². The van der Waals surface area contributed by atoms with Gasteiger partial charge in [-0.25, -0.2) is 0 Å². The standard InChI is InChI=1S/C15H25BrN2/c1-5-11(3)10-18(6-2)13-7-8-14(12(4)17)15(16)9-13/h7-9,11-12H,5-6,10,17H2,1-4H3. The summed E-state index contributed by atoms with van der Waals surface area (Å²) in [5, 5.41) is 0. The number of nitrogens with two attached hydrogens (primary N) is 1. The van der Waals surface area contributed by atoms with Crippen LogP contribution in [0.15, 0.2) is 22.7 Å². The number of halogens is 1. The van der Waals surface area contributed by atoms with E-state index in [1.54, 1.807) is 0 Å². The van der Waals surface area contributed by atoms with Crippen LogP contribution in [-0.2, 0) is 0 Å². The first-order valence-electron chi connectivity index (χ1n) is 6.79. The number of nitrogens with zero attached hydrogens (tertiary/aromatic N) is 1. The molecule has 0 amide bonds. The van der Waals surface area contributed by atoms with Gasteiger partial charge in [-0.1, -0.05) is 42.3 Å². The Morgan fingerprint density at radius 3 is 2.39 bits per heavy atom. The zero-order chi connectivity index (χ0) is 13.7. The first-order valence-corrected chi connectivity index (χ1v) is 7.58. The molecular weight excluding hydrogens is 288 g/mol. The van der Waals surface area contributed by atoms with E-state index in [1.807, 2.05) is 6.92 Å². The fourth-order valence-electron chi connectivity index (χ4n) is 2.00. The molecule has 0 saturated heterocycles. The lowest BCUT2D eigenvalue weighted by atomic mass is 10.1. The second-order valence-electron chi connectivity index (χ2n) is 5.05. The number of hydrogen-bond acceptors (Lipinski definition) is 2. The third-order valence-corrected chi connectivity index (χ3v) is 4.14. The molecule has 0 aromatic heterocycles. The summed E-state index contributed by atoms with van der Waals surface area (Å²) < 4.78 is 1.11. The molecule has 1 rings (SSSR count). The first kappa shape index (κ1) is 15.5. The van der Waals surface area contributed by atoms with Gasteiger partial charge in [0.05, 0.1) is 0 Å². The predicted octanol–water partition coefficient (Wildman–Crippen LogP) is 4.34. The van der Waals surface area contributed by atoms with Gasteiger partial charge in [0, 0.05) is 29.3 Å². The van der Waals surface area contributed by atoms with E-state index < -0.39 is 0 Å². The van der Waals surface area contributed by atoms with E-state index in [0.717, 1.165) is 23.5 Å². The molecule has 0 aliphatic rings. The molecule has 2 nitrogen and oxygen atoms in total. The second-order valence-corrected chi connectivity index (χ2v) is 5.90. The average molecular weight is 313 g/mol. The highest BCUT2D eigenvalue weighted by atomic mass is 79.9. The Kier molecular flexibility index (Phi) is 6.16. The van der Waals surface area contributed by atoms with E-state index in [2.05, 4.69) is 59.8 Å². The van der Waals surface area contributed by atoms with Crippen LogP contribution < -0.4 is 10.6 Å². The molecule has 0 spiro atoms. The van der Waals surface area contributed by atoms with Crippen LogP contribution in [0.3, 0.4) is 0 Å². The summed E-state index contributed by atoms with van der Waals surface area (Å²) in [4.78, 5) is 2.42. The quantitative estimate of drug-likeness (QED) is 0.846. The highest BCUT2D eigenvalue weighted by Gasteiger charge is 2.11. The van der Waals surface area contributed by atoms with Crippen molar-refractivity contribution in [1.29, 1.82) is 0 Å². The Bertz CT molecular complexity index is 377. The Hall–Kier alpha value is -0.540. The lowest BCUT2D eigenvalue weighted by Gasteiger charge is -2.27. The molecule has 0 bridgehead atoms. The van der Waals surface area contributed by atoms with Gasteiger partial charge in [0.1, 0.15) is 0 Å². The number of anilines is 1. The third kappa shape index (κ3) is 3.99. The van der Waals surface area contributed by atoms with Crippen LogP contribution in [0, 0.1) is 5.92 Å². The molecule has 18 heavy (non-hydrogen) atoms. The molecule has 1 aromatic rings. The number of benzene rings is 1. The van der Waals surface area contributed by atoms with Crippen LogP contribution >= 0.6 is 15.9 Å². The Balaban J connectivity index is 2.90. The molecule has 3 heteroatoms. The molecule has 0 heterocycles. The van der Waals surface area contributed by atoms with Crippen molar-refractivity contribution in [3.8, 4) is 0 Å². The van der Waals surface area contributed by atoms with Gasteiger partial charge in [0.15, 0.2) is 0 Å². The molecule has 0 radical (unpaired) electrons. The van der Waals surface area contributed by atoms with E-state index in [0.29, 0.717) is 0 Å². The molecule has 2 atom stereocenters. The van der Waals surface area contributed by atoms with Crippen molar-refractivity contribution in [2.45, 2.75) is 40.2 Å². The fraction of sp³-hybridized carbons (Fsp3) is 0.600. The molecule has 1 aromatic carbocycles. The predicted molar refractivity (Wildman–Crippen MR) is 84.1 cm³/mol. The van der Waals surface area contributed by atoms with Crippen molar-refractivity contribution in [2.75, 3.05) is 18.0 Å². The van der Waals surface area contributed by atoms with Crippen molar-refractivity contribution in [1.82, 2.24) is 0 Å². The summed E-state index contributed by atoms with van der Waals surface area (Å²) in [6, 6.07) is 6.56. The van der Waals surface area contributed by atoms with Crippen LogP contribution in [0.4, 0.5) is 5.69 Å². The van der Waals surface area contributed by atoms with Crippen molar-refractivity contribution in [3.05, 3.63) is 28.2 Å². The van der Waals surface area contributed by atoms with E-state index in [-0.39, 0.29) is 6.04 Å². The molecule has 0 saturated carbocycles. The topological polar surface area (TPSA) is 29.3 Å². The largest absolute Gasteiger partial charge is 0.372 e. The van der Waals surface area contributed by atoms with Gasteiger partial charge in [0.25, 0.3) is 0 Å². The maximum atomic E-state index is 5.93. The van der Waals surface area contributed by atoms with Gasteiger partial charge in [-0.2, -0.15) is 0 Å². The minimum atomic E-state index is 0.0677. The Labute approximate surface area is 120 Å². The Morgan fingerprint density at radius 2 is 1.94 bits per heavy atom. The maximum absolute atomic E-state index is 5.93. The van der Waals surface area contributed by atoms with Gasteiger partial charge in [-0.3, -0.25) is 0 Å². The summed E-state index contributed by atoms with van der Waals surface area (Å²) >= 11 is 3.62. The van der Waals surface area contributed by atoms with Crippen molar-refractivity contribution in [2.24, 2.45) is 11.7 Å². The van der Waals surface area contributed by atoms with Gasteiger partial charge in [-0.15, -0.1) is 0 Å². The lowest BCUT2D eigenvalue weighted by molar-refractivity contribution is 0.548. The molecular formula is C15H25BrN2. The average Bonchev–Trinajstić information content (AvgIpc) is 2.34. The van der Waals surface area contributed by atoms with Gasteiger partial charge in [0.2, 0.25) is 0 Å². The van der Waals surface area contributed by atoms with E-state index >= 15 is 0 Å². The summed E-state index contributed by atoms with van der Waals surface area (Å²) in [6.45, 7) is 10.9. The summed E-state index contributed by atoms with van der Waals surface area (Å²) in [6.07, 6.45) is 1.22. The SMILES string of the molecule is CCC(C)CN(CC)c1ccc(C(C)N)c(Br)c1. The Morgan fingerprint density at radius 1 is 1.28 bits per heavy atom. The third-order valence-electron chi connectivity index (χ3n) is 3.45. The highest BCUT2D eigenvalue weighted by molar-refractivity contribution is 9.10. The number of hydrogen-bond donors (Lipinski definition) is 1. The van der Waals surface area contributed by atoms with Crippen LogP contribution in [0.1, 0.15) is 45.7 Å². The molecule has 2 unspecified atom stereocenters. The summed E-state index contributed by atoms with van der Waals surface area (Å²) in [7, 11) is 0. The lowest BCUT2D eigenvalue weighted by Crippen LogP contribution is -2.28. The maximum Gasteiger partial charge on any atom is 0.0377 e. The highest BCUT2D eigenvalue weighted by Crippen LogP contribution is 2.28. The normalized spacial score (nSPS) is 14.3. The minimum Gasteiger partial charge on any atom is -0.372 e. The van der Waals surface area contributed by atoms with Gasteiger partial charge < -0.3 is 10.6 Å². The smallest absolute Gasteiger partial charge is 0.0377 e. The second kappa shape index (κ2) is 7.15. The monoisotopic (exact) mass is 312 g/mol. The fourth-order valence-corrected chi connectivity index (χ4v) is 2.73. The van der Waals surface area contributed by atoms with Crippen LogP contribution in [0.5, 0.6) is 0 Å². The van der Waals surface area contributed by atoms with E-state index in [4.69, 9.17) is 5.73 Å². The zero-order valence-corrected chi connectivity index (χ0v) is 13.5. The van der Waals surface area contributed by atoms with Crippen molar-refractivity contribution < 1.29 is 0 Å². The van der Waals surface area contributed by atoms with Gasteiger partial charge >= 0.3 is 0 Å². The summed E-state index contributed by atoms with van der Waals surface area (Å²) in [5.74, 6) is 0.719. The van der Waals surface area contributed by atoms with Crippen LogP contribution in [-0.4, -0.2) is 13.1 Å². The zero-order valence-electron chi connectivity index (χ0n) is 11.9. The minimum absolute atomic E-state index is 0.0677. The molecule has 0 aliphatic heterocycles. The van der Waals surface area contributed by atoms with Crippen molar-refractivity contribution >= 4 is 21.6 Å². The number of rotatable bonds is 6.